The molecule has 0 amide bonds. The molecule has 3 aromatic rings. The molecule has 5 rings (SSSR count). The number of allylic oxidation sites excluding steroid dienone is 3. The summed E-state index contributed by atoms with van der Waals surface area (Å²) in [6, 6.07) is 21.4. The molecule has 1 atom stereocenters. The van der Waals surface area contributed by atoms with Crippen LogP contribution in [-0.2, 0) is 4.79 Å². The van der Waals surface area contributed by atoms with E-state index in [9.17, 15) is 10.1 Å². The molecule has 2 heterocycles. The summed E-state index contributed by atoms with van der Waals surface area (Å²) in [6.45, 7) is 1.85. The molecule has 2 N–H and O–H groups in total. The molecule has 1 aliphatic heterocycles. The van der Waals surface area contributed by atoms with Gasteiger partial charge in [-0.2, -0.15) is 10.4 Å². The molecule has 7 heteroatoms. The molecule has 2 aromatic carbocycles. The SMILES string of the molecule is Cc1nn(-c2ccccc2)c(Cl)c1C1C(C#N)=C(N)N(c2ccccc2)C2=C1C(=O)CCC2. The fraction of sp³-hybridized carbons (Fsp3) is 0.192. The lowest BCUT2D eigenvalue weighted by atomic mass is 9.75. The van der Waals surface area contributed by atoms with Gasteiger partial charge in [-0.05, 0) is 44.0 Å². The minimum absolute atomic E-state index is 0.0189. The molecule has 0 fully saturated rings. The Morgan fingerprint density at radius 1 is 1.06 bits per heavy atom. The first-order chi connectivity index (χ1) is 16.0. The van der Waals surface area contributed by atoms with Crippen molar-refractivity contribution in [1.29, 1.82) is 5.26 Å². The van der Waals surface area contributed by atoms with E-state index in [0.29, 0.717) is 46.2 Å². The number of halogens is 1. The molecule has 0 saturated heterocycles. The largest absolute Gasteiger partial charge is 0.384 e. The third kappa shape index (κ3) is 3.33. The molecule has 33 heavy (non-hydrogen) atoms. The van der Waals surface area contributed by atoms with Gasteiger partial charge in [0.15, 0.2) is 5.78 Å². The van der Waals surface area contributed by atoms with E-state index < -0.39 is 5.92 Å². The molecule has 0 radical (unpaired) electrons. The van der Waals surface area contributed by atoms with Crippen LogP contribution in [0.4, 0.5) is 5.69 Å². The molecule has 0 spiro atoms. The van der Waals surface area contributed by atoms with Crippen molar-refractivity contribution in [3.63, 3.8) is 0 Å². The summed E-state index contributed by atoms with van der Waals surface area (Å²) in [5, 5.41) is 15.3. The lowest BCUT2D eigenvalue weighted by molar-refractivity contribution is -0.116. The number of carbonyl (C=O) groups is 1. The van der Waals surface area contributed by atoms with Gasteiger partial charge in [0, 0.05) is 28.9 Å². The number of para-hydroxylation sites is 2. The number of aryl methyl sites for hydroxylation is 1. The standard InChI is InChI=1S/C26H22ClN5O/c1-16-22(25(27)32(30-16)18-11-6-3-7-12-18)23-19(15-28)26(29)31(17-9-4-2-5-10-17)20-13-8-14-21(33)24(20)23/h2-7,9-12,23H,8,13-14,29H2,1H3. The predicted octanol–water partition coefficient (Wildman–Crippen LogP) is 5.14. The quantitative estimate of drug-likeness (QED) is 0.590. The summed E-state index contributed by atoms with van der Waals surface area (Å²) in [7, 11) is 0. The normalized spacial score (nSPS) is 18.4. The van der Waals surface area contributed by atoms with Crippen molar-refractivity contribution in [2.75, 3.05) is 4.90 Å². The van der Waals surface area contributed by atoms with Gasteiger partial charge in [0.25, 0.3) is 0 Å². The maximum Gasteiger partial charge on any atom is 0.161 e. The average molecular weight is 456 g/mol. The zero-order valence-corrected chi connectivity index (χ0v) is 18.9. The van der Waals surface area contributed by atoms with Gasteiger partial charge in [-0.1, -0.05) is 48.0 Å². The molecule has 6 nitrogen and oxygen atoms in total. The Bertz CT molecular complexity index is 1350. The first-order valence-corrected chi connectivity index (χ1v) is 11.2. The van der Waals surface area contributed by atoms with Gasteiger partial charge in [-0.15, -0.1) is 0 Å². The number of carbonyl (C=O) groups excluding carboxylic acids is 1. The van der Waals surface area contributed by atoms with Crippen LogP contribution in [0.1, 0.15) is 36.4 Å². The van der Waals surface area contributed by atoms with Crippen LogP contribution < -0.4 is 10.6 Å². The highest BCUT2D eigenvalue weighted by Gasteiger charge is 2.42. The second kappa shape index (κ2) is 8.27. The number of nitrogens with zero attached hydrogens (tertiary/aromatic N) is 4. The van der Waals surface area contributed by atoms with Crippen molar-refractivity contribution >= 4 is 23.1 Å². The van der Waals surface area contributed by atoms with E-state index in [0.717, 1.165) is 23.5 Å². The fourth-order valence-electron chi connectivity index (χ4n) is 4.83. The molecular weight excluding hydrogens is 434 g/mol. The van der Waals surface area contributed by atoms with Gasteiger partial charge in [-0.25, -0.2) is 4.68 Å². The minimum Gasteiger partial charge on any atom is -0.384 e. The smallest absolute Gasteiger partial charge is 0.161 e. The Labute approximate surface area is 197 Å². The molecular formula is C26H22ClN5O. The average Bonchev–Trinajstić information content (AvgIpc) is 3.13. The number of hydrogen-bond acceptors (Lipinski definition) is 5. The number of hydrogen-bond donors (Lipinski definition) is 1. The summed E-state index contributed by atoms with van der Waals surface area (Å²) in [6.07, 6.45) is 1.86. The topological polar surface area (TPSA) is 87.9 Å². The van der Waals surface area contributed by atoms with Crippen LogP contribution in [0.15, 0.2) is 83.3 Å². The monoisotopic (exact) mass is 455 g/mol. The Morgan fingerprint density at radius 2 is 1.70 bits per heavy atom. The number of aromatic nitrogens is 2. The van der Waals surface area contributed by atoms with Crippen molar-refractivity contribution < 1.29 is 4.79 Å². The van der Waals surface area contributed by atoms with E-state index >= 15 is 0 Å². The Morgan fingerprint density at radius 3 is 2.33 bits per heavy atom. The summed E-state index contributed by atoms with van der Waals surface area (Å²) in [5.74, 6) is -0.307. The van der Waals surface area contributed by atoms with E-state index in [-0.39, 0.29) is 5.78 Å². The number of rotatable bonds is 3. The fourth-order valence-corrected chi connectivity index (χ4v) is 5.21. The highest BCUT2D eigenvalue weighted by Crippen LogP contribution is 2.48. The van der Waals surface area contributed by atoms with Crippen LogP contribution in [0, 0.1) is 18.3 Å². The van der Waals surface area contributed by atoms with E-state index in [4.69, 9.17) is 17.3 Å². The molecule has 1 aromatic heterocycles. The predicted molar refractivity (Wildman–Crippen MR) is 128 cm³/mol. The Balaban J connectivity index is 1.76. The second-order valence-electron chi connectivity index (χ2n) is 8.19. The van der Waals surface area contributed by atoms with Crippen molar-refractivity contribution in [2.45, 2.75) is 32.1 Å². The highest BCUT2D eigenvalue weighted by molar-refractivity contribution is 6.31. The zero-order chi connectivity index (χ0) is 23.1. The zero-order valence-electron chi connectivity index (χ0n) is 18.1. The van der Waals surface area contributed by atoms with Gasteiger partial charge in [0.1, 0.15) is 11.0 Å². The van der Waals surface area contributed by atoms with Crippen molar-refractivity contribution in [3.05, 3.63) is 99.7 Å². The van der Waals surface area contributed by atoms with Crippen molar-refractivity contribution in [1.82, 2.24) is 9.78 Å². The molecule has 0 bridgehead atoms. The van der Waals surface area contributed by atoms with E-state index in [1.54, 1.807) is 4.68 Å². The Kier molecular flexibility index (Phi) is 5.27. The van der Waals surface area contributed by atoms with Crippen LogP contribution in [0.25, 0.3) is 5.69 Å². The number of benzene rings is 2. The summed E-state index contributed by atoms with van der Waals surface area (Å²) >= 11 is 6.88. The number of nitrogens with two attached hydrogens (primary N) is 1. The van der Waals surface area contributed by atoms with Gasteiger partial charge >= 0.3 is 0 Å². The third-order valence-corrected chi connectivity index (χ3v) is 6.63. The highest BCUT2D eigenvalue weighted by atomic mass is 35.5. The van der Waals surface area contributed by atoms with Gasteiger partial charge in [-0.3, -0.25) is 9.69 Å². The molecule has 1 unspecified atom stereocenters. The number of Topliss-reactive ketones (excluding diaryl/α,β-unsaturated/α-hetero) is 1. The van der Waals surface area contributed by atoms with E-state index in [1.807, 2.05) is 72.5 Å². The number of anilines is 1. The maximum absolute atomic E-state index is 13.3. The molecule has 0 saturated carbocycles. The maximum atomic E-state index is 13.3. The van der Waals surface area contributed by atoms with Gasteiger partial charge in [0.05, 0.1) is 28.9 Å². The van der Waals surface area contributed by atoms with Crippen LogP contribution >= 0.6 is 11.6 Å². The van der Waals surface area contributed by atoms with Crippen LogP contribution in [0.2, 0.25) is 5.15 Å². The lowest BCUT2D eigenvalue weighted by Crippen LogP contribution is -2.38. The summed E-state index contributed by atoms with van der Waals surface area (Å²) < 4.78 is 1.65. The van der Waals surface area contributed by atoms with Gasteiger partial charge < -0.3 is 5.73 Å². The van der Waals surface area contributed by atoms with Crippen LogP contribution in [0.5, 0.6) is 0 Å². The first-order valence-electron chi connectivity index (χ1n) is 10.8. The first kappa shape index (κ1) is 21.0. The third-order valence-electron chi connectivity index (χ3n) is 6.27. The number of nitriles is 1. The van der Waals surface area contributed by atoms with E-state index in [1.165, 1.54) is 0 Å². The van der Waals surface area contributed by atoms with Crippen LogP contribution in [-0.4, -0.2) is 15.6 Å². The summed E-state index contributed by atoms with van der Waals surface area (Å²) in [4.78, 5) is 15.2. The number of ketones is 1. The van der Waals surface area contributed by atoms with Crippen LogP contribution in [0.3, 0.4) is 0 Å². The molecule has 1 aliphatic carbocycles. The van der Waals surface area contributed by atoms with Crippen molar-refractivity contribution in [3.8, 4) is 11.8 Å². The lowest BCUT2D eigenvalue weighted by Gasteiger charge is -2.39. The molecule has 2 aliphatic rings. The minimum atomic E-state index is -0.650. The van der Waals surface area contributed by atoms with Gasteiger partial charge in [0.2, 0.25) is 0 Å². The van der Waals surface area contributed by atoms with Crippen molar-refractivity contribution in [2.24, 2.45) is 5.73 Å². The Hall–Kier alpha value is -3.82. The van der Waals surface area contributed by atoms with E-state index in [2.05, 4.69) is 11.2 Å². The molecule has 164 valence electrons. The second-order valence-corrected chi connectivity index (χ2v) is 8.55. The summed E-state index contributed by atoms with van der Waals surface area (Å²) in [5.41, 5.74) is 11.3.